The average Bonchev–Trinajstić information content (AvgIpc) is 2.86. The van der Waals surface area contributed by atoms with Crippen LogP contribution in [0.25, 0.3) is 10.6 Å². The molecule has 0 bridgehead atoms. The molecule has 5 nitrogen and oxygen atoms in total. The van der Waals surface area contributed by atoms with Gasteiger partial charge in [0.25, 0.3) is 0 Å². The van der Waals surface area contributed by atoms with Crippen molar-refractivity contribution in [1.82, 2.24) is 10.3 Å². The summed E-state index contributed by atoms with van der Waals surface area (Å²) in [4.78, 5) is 26.8. The predicted molar refractivity (Wildman–Crippen MR) is 86.5 cm³/mol. The summed E-state index contributed by atoms with van der Waals surface area (Å²) in [5.74, 6) is -1.48. The molecule has 2 aromatic rings. The van der Waals surface area contributed by atoms with E-state index in [2.05, 4.69) is 10.3 Å². The Balaban J connectivity index is 2.08. The minimum Gasteiger partial charge on any atom is -0.480 e. The highest BCUT2D eigenvalue weighted by molar-refractivity contribution is 7.13. The third kappa shape index (κ3) is 4.19. The van der Waals surface area contributed by atoms with Gasteiger partial charge in [0.05, 0.1) is 17.1 Å². The van der Waals surface area contributed by atoms with Crippen LogP contribution < -0.4 is 5.32 Å². The zero-order chi connectivity index (χ0) is 16.3. The predicted octanol–water partition coefficient (Wildman–Crippen LogP) is 3.25. The van der Waals surface area contributed by atoms with Crippen molar-refractivity contribution in [3.8, 4) is 10.6 Å². The molecule has 8 heteroatoms. The number of carbonyl (C=O) groups excluding carboxylic acids is 1. The van der Waals surface area contributed by atoms with E-state index in [0.29, 0.717) is 20.7 Å². The Hall–Kier alpha value is -1.63. The number of carboxylic acids is 1. The van der Waals surface area contributed by atoms with E-state index in [4.69, 9.17) is 28.3 Å². The average molecular weight is 359 g/mol. The maximum atomic E-state index is 11.7. The largest absolute Gasteiger partial charge is 0.480 e. The van der Waals surface area contributed by atoms with Gasteiger partial charge in [-0.3, -0.25) is 9.59 Å². The minimum atomic E-state index is -1.08. The van der Waals surface area contributed by atoms with E-state index in [0.717, 1.165) is 5.56 Å². The number of halogens is 2. The van der Waals surface area contributed by atoms with Crippen LogP contribution in [-0.2, 0) is 16.0 Å². The van der Waals surface area contributed by atoms with Gasteiger partial charge in [-0.05, 0) is 25.1 Å². The summed E-state index contributed by atoms with van der Waals surface area (Å²) in [5, 5.41) is 14.6. The van der Waals surface area contributed by atoms with Crippen molar-refractivity contribution >= 4 is 46.4 Å². The summed E-state index contributed by atoms with van der Waals surface area (Å²) >= 11 is 13.3. The second-order valence-electron chi connectivity index (χ2n) is 4.57. The molecule has 2 N–H and O–H groups in total. The highest BCUT2D eigenvalue weighted by atomic mass is 35.5. The van der Waals surface area contributed by atoms with Gasteiger partial charge in [0.15, 0.2) is 0 Å². The van der Waals surface area contributed by atoms with E-state index in [1.807, 2.05) is 0 Å². The summed E-state index contributed by atoms with van der Waals surface area (Å²) in [6.07, 6.45) is 0.0132. The lowest BCUT2D eigenvalue weighted by molar-refractivity contribution is -0.141. The first-order valence-electron chi connectivity index (χ1n) is 6.29. The topological polar surface area (TPSA) is 79.3 Å². The normalized spacial score (nSPS) is 12.0. The SMILES string of the molecule is C[C@@H](NC(=O)Cc1csc(-c2ccc(Cl)cc2Cl)n1)C(=O)O. The maximum absolute atomic E-state index is 11.7. The van der Waals surface area contributed by atoms with Crippen molar-refractivity contribution in [2.75, 3.05) is 0 Å². The van der Waals surface area contributed by atoms with Crippen molar-refractivity contribution in [1.29, 1.82) is 0 Å². The van der Waals surface area contributed by atoms with Crippen LogP contribution in [0.2, 0.25) is 10.0 Å². The van der Waals surface area contributed by atoms with E-state index in [-0.39, 0.29) is 6.42 Å². The number of carboxylic acid groups (broad SMARTS) is 1. The van der Waals surface area contributed by atoms with Crippen LogP contribution in [0.1, 0.15) is 12.6 Å². The van der Waals surface area contributed by atoms with Gasteiger partial charge in [-0.2, -0.15) is 0 Å². The van der Waals surface area contributed by atoms with Crippen LogP contribution in [-0.4, -0.2) is 28.0 Å². The standard InChI is InChI=1S/C14H12Cl2N2O3S/c1-7(14(20)21)17-12(19)5-9-6-22-13(18-9)10-3-2-8(15)4-11(10)16/h2-4,6-7H,5H2,1H3,(H,17,19)(H,20,21)/t7-/m1/s1. The summed E-state index contributed by atoms with van der Waals surface area (Å²) in [6.45, 7) is 1.40. The molecule has 0 aliphatic carbocycles. The highest BCUT2D eigenvalue weighted by Gasteiger charge is 2.16. The number of hydrogen-bond donors (Lipinski definition) is 2. The molecule has 2 rings (SSSR count). The molecule has 1 aromatic carbocycles. The molecule has 0 radical (unpaired) electrons. The lowest BCUT2D eigenvalue weighted by Gasteiger charge is -2.07. The molecule has 116 valence electrons. The summed E-state index contributed by atoms with van der Waals surface area (Å²) in [7, 11) is 0. The molecule has 0 saturated heterocycles. The number of hydrogen-bond acceptors (Lipinski definition) is 4. The summed E-state index contributed by atoms with van der Waals surface area (Å²) in [6, 6.07) is 4.17. The molecular weight excluding hydrogens is 347 g/mol. The Labute approximate surface area is 140 Å². The van der Waals surface area contributed by atoms with E-state index < -0.39 is 17.9 Å². The van der Waals surface area contributed by atoms with Crippen LogP contribution in [0, 0.1) is 0 Å². The van der Waals surface area contributed by atoms with Gasteiger partial charge in [0.2, 0.25) is 5.91 Å². The molecule has 22 heavy (non-hydrogen) atoms. The number of nitrogens with one attached hydrogen (secondary N) is 1. The first-order valence-corrected chi connectivity index (χ1v) is 7.92. The van der Waals surface area contributed by atoms with Gasteiger partial charge < -0.3 is 10.4 Å². The van der Waals surface area contributed by atoms with Crippen LogP contribution in [0.4, 0.5) is 0 Å². The Bertz CT molecular complexity index is 718. The van der Waals surface area contributed by atoms with Gasteiger partial charge in [0.1, 0.15) is 11.0 Å². The van der Waals surface area contributed by atoms with Crippen molar-refractivity contribution in [3.63, 3.8) is 0 Å². The fourth-order valence-corrected chi connectivity index (χ4v) is 3.11. The van der Waals surface area contributed by atoms with Gasteiger partial charge in [-0.15, -0.1) is 11.3 Å². The number of rotatable bonds is 5. The molecule has 1 aromatic heterocycles. The number of nitrogens with zero attached hydrogens (tertiary/aromatic N) is 1. The Kier molecular flexibility index (Phi) is 5.39. The Morgan fingerprint density at radius 1 is 1.41 bits per heavy atom. The lowest BCUT2D eigenvalue weighted by atomic mass is 10.2. The van der Waals surface area contributed by atoms with Crippen molar-refractivity contribution in [2.24, 2.45) is 0 Å². The van der Waals surface area contributed by atoms with Crippen LogP contribution in [0.15, 0.2) is 23.6 Å². The summed E-state index contributed by atoms with van der Waals surface area (Å²) < 4.78 is 0. The van der Waals surface area contributed by atoms with E-state index >= 15 is 0 Å². The molecule has 0 fully saturated rings. The van der Waals surface area contributed by atoms with E-state index in [1.54, 1.807) is 23.6 Å². The molecule has 0 aliphatic heterocycles. The van der Waals surface area contributed by atoms with Crippen LogP contribution in [0.5, 0.6) is 0 Å². The van der Waals surface area contributed by atoms with E-state index in [1.165, 1.54) is 18.3 Å². The third-order valence-electron chi connectivity index (χ3n) is 2.80. The van der Waals surface area contributed by atoms with Gasteiger partial charge in [0, 0.05) is 16.0 Å². The zero-order valence-corrected chi connectivity index (χ0v) is 13.8. The molecule has 0 aliphatic rings. The maximum Gasteiger partial charge on any atom is 0.325 e. The Morgan fingerprint density at radius 3 is 2.77 bits per heavy atom. The first-order chi connectivity index (χ1) is 10.4. The first kappa shape index (κ1) is 16.7. The van der Waals surface area contributed by atoms with Gasteiger partial charge in [-0.1, -0.05) is 23.2 Å². The van der Waals surface area contributed by atoms with Crippen molar-refractivity contribution in [3.05, 3.63) is 39.3 Å². The van der Waals surface area contributed by atoms with Gasteiger partial charge in [-0.25, -0.2) is 4.98 Å². The second-order valence-corrected chi connectivity index (χ2v) is 6.27. The van der Waals surface area contributed by atoms with Crippen molar-refractivity contribution in [2.45, 2.75) is 19.4 Å². The fourth-order valence-electron chi connectivity index (χ4n) is 1.69. The molecule has 0 unspecified atom stereocenters. The molecule has 0 saturated carbocycles. The number of amides is 1. The number of carbonyl (C=O) groups is 2. The third-order valence-corrected chi connectivity index (χ3v) is 4.28. The molecule has 1 amide bonds. The monoisotopic (exact) mass is 358 g/mol. The zero-order valence-electron chi connectivity index (χ0n) is 11.5. The fraction of sp³-hybridized carbons (Fsp3) is 0.214. The molecule has 0 spiro atoms. The van der Waals surface area contributed by atoms with Gasteiger partial charge >= 0.3 is 5.97 Å². The number of aliphatic carboxylic acids is 1. The molecular formula is C14H12Cl2N2O3S. The van der Waals surface area contributed by atoms with Crippen LogP contribution >= 0.6 is 34.5 Å². The second kappa shape index (κ2) is 7.09. The number of benzene rings is 1. The molecule has 1 heterocycles. The quantitative estimate of drug-likeness (QED) is 0.859. The lowest BCUT2D eigenvalue weighted by Crippen LogP contribution is -2.39. The summed E-state index contributed by atoms with van der Waals surface area (Å²) in [5.41, 5.74) is 1.29. The number of aromatic nitrogens is 1. The Morgan fingerprint density at radius 2 is 2.14 bits per heavy atom. The van der Waals surface area contributed by atoms with Crippen LogP contribution in [0.3, 0.4) is 0 Å². The minimum absolute atomic E-state index is 0.0132. The molecule has 1 atom stereocenters. The highest BCUT2D eigenvalue weighted by Crippen LogP contribution is 2.32. The number of thiazole rings is 1. The van der Waals surface area contributed by atoms with Crippen molar-refractivity contribution < 1.29 is 14.7 Å². The van der Waals surface area contributed by atoms with E-state index in [9.17, 15) is 9.59 Å². The smallest absolute Gasteiger partial charge is 0.325 e.